The second-order valence-corrected chi connectivity index (χ2v) is 14.9. The molecular formula is C44H82N2O10. The molecular weight excluding hydrogens is 716 g/mol. The molecule has 0 aliphatic carbocycles. The fourth-order valence-corrected chi connectivity index (χ4v) is 5.65. The molecule has 12 nitrogen and oxygen atoms in total. The van der Waals surface area contributed by atoms with Gasteiger partial charge in [0.25, 0.3) is 0 Å². The number of nitrogens with two attached hydrogens (primary N) is 2. The Morgan fingerprint density at radius 1 is 0.357 bits per heavy atom. The summed E-state index contributed by atoms with van der Waals surface area (Å²) in [5.41, 5.74) is 11.4. The largest absolute Gasteiger partial charge is 0.466 e. The number of carbonyl (C=O) groups is 6. The lowest BCUT2D eigenvalue weighted by Crippen LogP contribution is -2.34. The van der Waals surface area contributed by atoms with Gasteiger partial charge in [-0.05, 0) is 38.5 Å². The first kappa shape index (κ1) is 55.2. The van der Waals surface area contributed by atoms with Gasteiger partial charge < -0.3 is 30.4 Å². The van der Waals surface area contributed by atoms with Crippen LogP contribution in [0.15, 0.2) is 0 Å². The van der Waals surface area contributed by atoms with Gasteiger partial charge >= 0.3 is 35.8 Å². The van der Waals surface area contributed by atoms with Crippen molar-refractivity contribution < 1.29 is 47.7 Å². The molecule has 0 aromatic carbocycles. The third-order valence-corrected chi connectivity index (χ3v) is 9.34. The van der Waals surface area contributed by atoms with Gasteiger partial charge in [-0.15, -0.1) is 0 Å². The van der Waals surface area contributed by atoms with Crippen molar-refractivity contribution >= 4 is 35.8 Å². The number of rotatable bonds is 36. The summed E-state index contributed by atoms with van der Waals surface area (Å²) in [6.07, 6.45) is 27.0. The predicted octanol–water partition coefficient (Wildman–Crippen LogP) is 9.64. The maximum Gasteiger partial charge on any atom is 0.330 e. The first-order valence-corrected chi connectivity index (χ1v) is 22.3. The number of hydrogen-bond donors (Lipinski definition) is 2. The zero-order chi connectivity index (χ0) is 42.1. The summed E-state index contributed by atoms with van der Waals surface area (Å²) in [4.78, 5) is 70.4. The van der Waals surface area contributed by atoms with Crippen LogP contribution in [0.3, 0.4) is 0 Å². The Morgan fingerprint density at radius 3 is 1.12 bits per heavy atom. The van der Waals surface area contributed by atoms with Crippen LogP contribution in [0.4, 0.5) is 0 Å². The van der Waals surface area contributed by atoms with Crippen LogP contribution in [0.5, 0.6) is 0 Å². The number of hydrogen-bond acceptors (Lipinski definition) is 12. The van der Waals surface area contributed by atoms with Crippen molar-refractivity contribution in [1.29, 1.82) is 0 Å². The second kappa shape index (κ2) is 41.8. The topological polar surface area (TPSA) is 191 Å². The van der Waals surface area contributed by atoms with Crippen LogP contribution in [0.25, 0.3) is 0 Å². The highest BCUT2D eigenvalue weighted by Gasteiger charge is 2.21. The van der Waals surface area contributed by atoms with Crippen LogP contribution in [0.2, 0.25) is 0 Å². The van der Waals surface area contributed by atoms with E-state index in [0.29, 0.717) is 26.1 Å². The van der Waals surface area contributed by atoms with Crippen molar-refractivity contribution in [2.75, 3.05) is 13.2 Å². The zero-order valence-electron chi connectivity index (χ0n) is 36.0. The van der Waals surface area contributed by atoms with Crippen molar-refractivity contribution in [2.24, 2.45) is 11.5 Å². The second-order valence-electron chi connectivity index (χ2n) is 14.9. The van der Waals surface area contributed by atoms with Crippen LogP contribution < -0.4 is 11.5 Å². The van der Waals surface area contributed by atoms with E-state index >= 15 is 0 Å². The highest BCUT2D eigenvalue weighted by atomic mass is 16.6. The third-order valence-electron chi connectivity index (χ3n) is 9.34. The molecule has 0 spiro atoms. The summed E-state index contributed by atoms with van der Waals surface area (Å²) in [5.74, 6) is -3.41. The molecule has 0 bridgehead atoms. The fourth-order valence-electron chi connectivity index (χ4n) is 5.65. The minimum absolute atomic E-state index is 0.0334. The average Bonchev–Trinajstić information content (AvgIpc) is 3.18. The molecule has 0 aromatic rings. The number of ether oxygens (including phenoxy) is 4. The molecule has 12 heteroatoms. The van der Waals surface area contributed by atoms with Crippen LogP contribution in [-0.4, -0.2) is 61.1 Å². The molecule has 0 amide bonds. The Bertz CT molecular complexity index is 1010. The Kier molecular flexibility index (Phi) is 41.2. The lowest BCUT2D eigenvalue weighted by Gasteiger charge is -2.11. The molecule has 4 N–H and O–H groups in total. The van der Waals surface area contributed by atoms with Gasteiger partial charge in [0.2, 0.25) is 0 Å². The summed E-state index contributed by atoms with van der Waals surface area (Å²) in [5, 5.41) is 0. The van der Waals surface area contributed by atoms with Crippen LogP contribution in [-0.2, 0) is 47.7 Å². The minimum atomic E-state index is -1.10. The van der Waals surface area contributed by atoms with E-state index in [0.717, 1.165) is 64.2 Å². The molecule has 0 rings (SSSR count). The molecule has 0 aliphatic heterocycles. The molecule has 56 heavy (non-hydrogen) atoms. The summed E-state index contributed by atoms with van der Waals surface area (Å²) in [7, 11) is 0. The molecule has 0 heterocycles. The van der Waals surface area contributed by atoms with E-state index in [1.165, 1.54) is 77.0 Å². The van der Waals surface area contributed by atoms with E-state index in [1.54, 1.807) is 0 Å². The van der Waals surface area contributed by atoms with Gasteiger partial charge in [-0.3, -0.25) is 24.0 Å². The van der Waals surface area contributed by atoms with Gasteiger partial charge in [-0.25, -0.2) is 4.79 Å². The van der Waals surface area contributed by atoms with E-state index in [4.69, 9.17) is 30.4 Å². The van der Waals surface area contributed by atoms with E-state index in [2.05, 4.69) is 27.7 Å². The van der Waals surface area contributed by atoms with Gasteiger partial charge in [0, 0.05) is 25.7 Å². The number of carbonyl (C=O) groups excluding carboxylic acids is 6. The van der Waals surface area contributed by atoms with Crippen molar-refractivity contribution in [3.8, 4) is 0 Å². The molecule has 0 radical (unpaired) electrons. The first-order valence-electron chi connectivity index (χ1n) is 22.3. The summed E-state index contributed by atoms with van der Waals surface area (Å²) < 4.78 is 19.7. The number of unbranched alkanes of at least 4 members (excludes halogenated alkanes) is 20. The lowest BCUT2D eigenvalue weighted by molar-refractivity contribution is -0.161. The van der Waals surface area contributed by atoms with Gasteiger partial charge in [-0.1, -0.05) is 156 Å². The Labute approximate surface area is 340 Å². The van der Waals surface area contributed by atoms with Crippen molar-refractivity contribution in [1.82, 2.24) is 0 Å². The first-order chi connectivity index (χ1) is 27.0. The van der Waals surface area contributed by atoms with Gasteiger partial charge in [0.05, 0.1) is 13.2 Å². The molecule has 0 aliphatic rings. The molecule has 2 unspecified atom stereocenters. The lowest BCUT2D eigenvalue weighted by atomic mass is 10.1. The van der Waals surface area contributed by atoms with Crippen LogP contribution >= 0.6 is 0 Å². The molecule has 0 aromatic heterocycles. The molecule has 328 valence electrons. The molecule has 0 fully saturated rings. The maximum atomic E-state index is 12.0. The fraction of sp³-hybridized carbons (Fsp3) is 0.864. The highest BCUT2D eigenvalue weighted by molar-refractivity contribution is 5.89. The van der Waals surface area contributed by atoms with Crippen molar-refractivity contribution in [3.05, 3.63) is 0 Å². The summed E-state index contributed by atoms with van der Waals surface area (Å²) >= 11 is 0. The standard InChI is InChI=1S/C29H53NO6.C15H29NO4/c1-3-5-7-9-11-13-15-17-19-21-26(31)35-28(33)24-23-25(30)29(34)36-27(32)22-20-18-16-14-12-10-8-6-4-2;1-3-5-7-11-19-14(17)10-9-13(16)15(18)20-12-8-6-4-2/h25H,3-24,30H2,1-2H3;13H,3-12,16H2,1-2H3. The normalized spacial score (nSPS) is 11.8. The minimum Gasteiger partial charge on any atom is -0.466 e. The van der Waals surface area contributed by atoms with Crippen molar-refractivity contribution in [3.63, 3.8) is 0 Å². The average molecular weight is 799 g/mol. The van der Waals surface area contributed by atoms with Crippen LogP contribution in [0, 0.1) is 0 Å². The van der Waals surface area contributed by atoms with Crippen molar-refractivity contribution in [2.45, 2.75) is 232 Å². The zero-order valence-corrected chi connectivity index (χ0v) is 36.0. The number of esters is 6. The SMILES string of the molecule is CCCCCCCCCCCC(=O)OC(=O)CCC(N)C(=O)OC(=O)CCCCCCCCCCC.CCCCCOC(=O)CCC(N)C(=O)OCCCCC. The third kappa shape index (κ3) is 39.4. The van der Waals surface area contributed by atoms with Gasteiger partial charge in [0.1, 0.15) is 12.1 Å². The molecule has 0 saturated heterocycles. The van der Waals surface area contributed by atoms with Gasteiger partial charge in [-0.2, -0.15) is 0 Å². The van der Waals surface area contributed by atoms with E-state index in [-0.39, 0.29) is 44.5 Å². The summed E-state index contributed by atoms with van der Waals surface area (Å²) in [6, 6.07) is -1.84. The summed E-state index contributed by atoms with van der Waals surface area (Å²) in [6.45, 7) is 9.43. The maximum absolute atomic E-state index is 12.0. The van der Waals surface area contributed by atoms with E-state index in [1.807, 2.05) is 0 Å². The molecule has 2 atom stereocenters. The molecule has 0 saturated carbocycles. The Morgan fingerprint density at radius 2 is 0.679 bits per heavy atom. The van der Waals surface area contributed by atoms with Crippen LogP contribution in [0.1, 0.15) is 220 Å². The van der Waals surface area contributed by atoms with E-state index in [9.17, 15) is 28.8 Å². The van der Waals surface area contributed by atoms with Gasteiger partial charge in [0.15, 0.2) is 0 Å². The quantitative estimate of drug-likeness (QED) is 0.0264. The Hall–Kier alpha value is -2.86. The monoisotopic (exact) mass is 799 g/mol. The van der Waals surface area contributed by atoms with E-state index < -0.39 is 41.9 Å². The highest BCUT2D eigenvalue weighted by Crippen LogP contribution is 2.13. The predicted molar refractivity (Wildman–Crippen MR) is 221 cm³/mol. The Balaban J connectivity index is 0. The smallest absolute Gasteiger partial charge is 0.330 e.